The molecule has 4 N–H and O–H groups in total. The number of hydrogen-bond acceptors (Lipinski definition) is 13. The first kappa shape index (κ1) is 48.3. The van der Waals surface area contributed by atoms with Crippen LogP contribution in [0.2, 0.25) is 0 Å². The van der Waals surface area contributed by atoms with E-state index in [1.165, 1.54) is 40.0 Å². The molecule has 66 heavy (non-hydrogen) atoms. The molecular weight excluding hydrogens is 925 g/mol. The van der Waals surface area contributed by atoms with Gasteiger partial charge in [0.25, 0.3) is 27.8 Å². The summed E-state index contributed by atoms with van der Waals surface area (Å²) < 4.78 is 46.3. The average Bonchev–Trinajstić information content (AvgIpc) is 3.97. The van der Waals surface area contributed by atoms with Gasteiger partial charge in [-0.05, 0) is 80.1 Å². The zero-order valence-electron chi connectivity index (χ0n) is 36.9. The van der Waals surface area contributed by atoms with Crippen molar-refractivity contribution >= 4 is 112 Å². The van der Waals surface area contributed by atoms with Gasteiger partial charge in [-0.2, -0.15) is 8.42 Å². The highest BCUT2D eigenvalue weighted by Crippen LogP contribution is 2.41. The largest absolute Gasteiger partial charge is 0.493 e. The van der Waals surface area contributed by atoms with Gasteiger partial charge in [-0.25, -0.2) is 0 Å². The Labute approximate surface area is 394 Å². The monoisotopic (exact) mass is 974 g/mol. The van der Waals surface area contributed by atoms with E-state index in [4.69, 9.17) is 9.47 Å². The minimum atomic E-state index is -4.48. The highest BCUT2D eigenvalue weighted by molar-refractivity contribution is 8.77. The number of aryl methyl sites for hydroxylation is 1. The van der Waals surface area contributed by atoms with Crippen LogP contribution in [0, 0.1) is 0 Å². The second kappa shape index (κ2) is 20.5. The fourth-order valence-electron chi connectivity index (χ4n) is 7.58. The summed E-state index contributed by atoms with van der Waals surface area (Å²) in [5, 5.41) is 8.03. The molecule has 20 heteroatoms. The van der Waals surface area contributed by atoms with Gasteiger partial charge in [0.1, 0.15) is 10.9 Å². The fourth-order valence-corrected chi connectivity index (χ4v) is 12.1. The zero-order valence-corrected chi connectivity index (χ0v) is 40.2. The molecule has 0 radical (unpaired) electrons. The van der Waals surface area contributed by atoms with Crippen LogP contribution in [0.3, 0.4) is 0 Å². The van der Waals surface area contributed by atoms with Gasteiger partial charge in [-0.15, -0.1) is 11.3 Å². The van der Waals surface area contributed by atoms with E-state index in [0.717, 1.165) is 21.3 Å². The number of carbonyl (C=O) groups excluding carboxylic acids is 5. The normalized spacial score (nSPS) is 14.8. The van der Waals surface area contributed by atoms with Crippen LogP contribution >= 0.6 is 32.9 Å². The van der Waals surface area contributed by atoms with Crippen molar-refractivity contribution in [1.82, 2.24) is 9.88 Å². The van der Waals surface area contributed by atoms with Crippen molar-refractivity contribution < 1.29 is 46.4 Å². The Kier molecular flexibility index (Phi) is 15.0. The lowest BCUT2D eigenvalue weighted by atomic mass is 10.1. The van der Waals surface area contributed by atoms with E-state index in [2.05, 4.69) is 20.9 Å². The number of fused-ring (bicyclic) bond motifs is 5. The first-order valence-electron chi connectivity index (χ1n) is 21.1. The van der Waals surface area contributed by atoms with Crippen LogP contribution in [0.4, 0.5) is 22.7 Å². The molecule has 4 heterocycles. The van der Waals surface area contributed by atoms with Crippen LogP contribution in [0.1, 0.15) is 82.5 Å². The van der Waals surface area contributed by atoms with Crippen molar-refractivity contribution in [1.29, 1.82) is 0 Å². The number of nitrogens with one attached hydrogen (secondary N) is 3. The molecule has 1 unspecified atom stereocenters. The number of nitrogens with zero attached hydrogens (tertiary/aromatic N) is 3. The third-order valence-electron chi connectivity index (χ3n) is 10.9. The molecular formula is C46H50N6O10S4. The van der Waals surface area contributed by atoms with Crippen LogP contribution in [-0.4, -0.2) is 95.2 Å². The van der Waals surface area contributed by atoms with Gasteiger partial charge in [0, 0.05) is 77.9 Å². The van der Waals surface area contributed by atoms with Crippen LogP contribution in [0.25, 0.3) is 10.1 Å². The minimum Gasteiger partial charge on any atom is -0.493 e. The summed E-state index contributed by atoms with van der Waals surface area (Å²) in [6.07, 6.45) is 4.64. The maximum atomic E-state index is 13.7. The zero-order chi connectivity index (χ0) is 47.3. The van der Waals surface area contributed by atoms with Crippen molar-refractivity contribution in [3.8, 4) is 11.5 Å². The van der Waals surface area contributed by atoms with Gasteiger partial charge >= 0.3 is 0 Å². The molecule has 5 aromatic rings. The number of amides is 4. The van der Waals surface area contributed by atoms with Crippen molar-refractivity contribution in [3.05, 3.63) is 94.6 Å². The number of anilines is 3. The number of rotatable bonds is 20. The third-order valence-corrected chi connectivity index (χ3v) is 16.6. The lowest BCUT2D eigenvalue weighted by Gasteiger charge is -2.23. The number of carbonyl (C=O) groups is 5. The van der Waals surface area contributed by atoms with Crippen LogP contribution in [0.5, 0.6) is 11.5 Å². The maximum Gasteiger partial charge on any atom is 0.275 e. The Balaban J connectivity index is 0.868. The average molecular weight is 975 g/mol. The Bertz CT molecular complexity index is 2840. The summed E-state index contributed by atoms with van der Waals surface area (Å²) in [6.45, 7) is 5.92. The van der Waals surface area contributed by atoms with E-state index in [1.807, 2.05) is 44.2 Å². The fraction of sp³-hybridized carbons (Fsp3) is 0.348. The predicted octanol–water partition coefficient (Wildman–Crippen LogP) is 8.10. The Morgan fingerprint density at radius 3 is 2.56 bits per heavy atom. The molecule has 7 rings (SSSR count). The number of aromatic nitrogens is 1. The summed E-state index contributed by atoms with van der Waals surface area (Å²) in [5.41, 5.74) is 4.14. The standard InChI is InChI=1S/C46H50N6O10S4/c1-6-36(53)41(66(58,59)60)15-17-63-65-46(2,3)26-48-44(56)40-20-28-18-29(13-14-39(28)64-40)50-43(55)35-21-30(25-51(35)4)49-42(54)12-9-16-62-38-23-33-32(22-37(38)61-5)45(57)52-31(24-47-33)19-27-10-7-8-11-34(27)52/h7-8,10-11,13-14,18,20-25,31,41H,6,9,12,15-17,19,26H2,1-5H3,(H,48,56)(H,49,54)(H,50,55)(H,58,59,60)/t31-,41?/m0/s1. The highest BCUT2D eigenvalue weighted by Gasteiger charge is 2.36. The number of methoxy groups -OCH3 is 1. The van der Waals surface area contributed by atoms with E-state index in [-0.39, 0.29) is 49.6 Å². The molecule has 0 aliphatic carbocycles. The molecule has 16 nitrogen and oxygen atoms in total. The summed E-state index contributed by atoms with van der Waals surface area (Å²) in [4.78, 5) is 72.1. The van der Waals surface area contributed by atoms with Crippen molar-refractivity contribution in [2.45, 2.75) is 68.9 Å². The second-order valence-electron chi connectivity index (χ2n) is 16.4. The minimum absolute atomic E-state index is 0.00643. The molecule has 0 saturated heterocycles. The van der Waals surface area contributed by atoms with E-state index in [9.17, 15) is 36.9 Å². The van der Waals surface area contributed by atoms with Crippen molar-refractivity contribution in [3.63, 3.8) is 0 Å². The number of ether oxygens (including phenoxy) is 2. The number of Topliss-reactive ketones (excluding diaryl/α,β-unsaturated/α-hetero) is 1. The number of para-hydroxylation sites is 1. The molecule has 0 saturated carbocycles. The molecule has 348 valence electrons. The first-order valence-corrected chi connectivity index (χ1v) is 25.8. The number of aliphatic imine (C=N–C) groups is 1. The molecule has 0 bridgehead atoms. The first-order chi connectivity index (χ1) is 31.4. The van der Waals surface area contributed by atoms with Crippen LogP contribution < -0.4 is 30.3 Å². The number of hydrogen-bond donors (Lipinski definition) is 4. The van der Waals surface area contributed by atoms with E-state index in [1.54, 1.807) is 72.2 Å². The van der Waals surface area contributed by atoms with E-state index < -0.39 is 31.8 Å². The molecule has 3 aromatic carbocycles. The van der Waals surface area contributed by atoms with Crippen LogP contribution in [-0.2, 0) is 33.2 Å². The SMILES string of the molecule is CCC(=O)C(CCSSC(C)(C)CNC(=O)c1cc2cc(NC(=O)c3cc(NC(=O)CCCOc4cc5c(cc4OC)C(=O)N4c6ccccc6C[C@H]4C=N5)cn3C)ccc2s1)S(=O)(=O)O. The smallest absolute Gasteiger partial charge is 0.275 e. The summed E-state index contributed by atoms with van der Waals surface area (Å²) in [5.74, 6) is -0.505. The lowest BCUT2D eigenvalue weighted by Crippen LogP contribution is -2.37. The lowest BCUT2D eigenvalue weighted by molar-refractivity contribution is -0.118. The highest BCUT2D eigenvalue weighted by atomic mass is 33.1. The summed E-state index contributed by atoms with van der Waals surface area (Å²) >= 11 is 1.31. The Morgan fingerprint density at radius 1 is 1.02 bits per heavy atom. The summed E-state index contributed by atoms with van der Waals surface area (Å²) in [7, 11) is 1.54. The molecule has 2 aliphatic rings. The van der Waals surface area contributed by atoms with Gasteiger partial charge in [0.05, 0.1) is 41.6 Å². The summed E-state index contributed by atoms with van der Waals surface area (Å²) in [6, 6.07) is 19.7. The van der Waals surface area contributed by atoms with E-state index in [0.29, 0.717) is 69.8 Å². The third kappa shape index (κ3) is 11.3. The number of ketones is 1. The predicted molar refractivity (Wildman–Crippen MR) is 262 cm³/mol. The Hall–Kier alpha value is -5.67. The molecule has 0 fully saturated rings. The number of thiophene rings is 1. The topological polar surface area (TPSA) is 215 Å². The van der Waals surface area contributed by atoms with Gasteiger partial charge in [0.2, 0.25) is 5.91 Å². The van der Waals surface area contributed by atoms with Crippen LogP contribution in [0.15, 0.2) is 77.9 Å². The van der Waals surface area contributed by atoms with Crippen molar-refractivity contribution in [2.75, 3.05) is 41.5 Å². The Morgan fingerprint density at radius 2 is 1.80 bits per heavy atom. The molecule has 2 atom stereocenters. The van der Waals surface area contributed by atoms with Gasteiger partial charge < -0.3 is 30.0 Å². The molecule has 0 spiro atoms. The van der Waals surface area contributed by atoms with Gasteiger partial charge in [0.15, 0.2) is 17.3 Å². The second-order valence-corrected chi connectivity index (χ2v) is 22.2. The van der Waals surface area contributed by atoms with Crippen molar-refractivity contribution in [2.24, 2.45) is 12.0 Å². The van der Waals surface area contributed by atoms with Gasteiger partial charge in [-0.1, -0.05) is 46.7 Å². The van der Waals surface area contributed by atoms with E-state index >= 15 is 0 Å². The van der Waals surface area contributed by atoms with Gasteiger partial charge in [-0.3, -0.25) is 38.4 Å². The number of benzene rings is 3. The molecule has 2 aromatic heterocycles. The quantitative estimate of drug-likeness (QED) is 0.0331. The maximum absolute atomic E-state index is 13.7. The molecule has 4 amide bonds. The molecule has 2 aliphatic heterocycles.